The number of nitrogens with one attached hydrogen (secondary N) is 1. The van der Waals surface area contributed by atoms with Crippen LogP contribution in [0.1, 0.15) is 11.1 Å². The number of hydrogen-bond acceptors (Lipinski definition) is 2. The summed E-state index contributed by atoms with van der Waals surface area (Å²) in [5.74, 6) is -1.49. The van der Waals surface area contributed by atoms with Gasteiger partial charge in [-0.05, 0) is 30.8 Å². The van der Waals surface area contributed by atoms with E-state index in [0.29, 0.717) is 5.75 Å². The highest BCUT2D eigenvalue weighted by molar-refractivity contribution is 9.10. The van der Waals surface area contributed by atoms with Crippen LogP contribution in [-0.4, -0.2) is 7.05 Å². The molecule has 0 aliphatic rings. The average molecular weight is 342 g/mol. The van der Waals surface area contributed by atoms with E-state index in [4.69, 9.17) is 4.74 Å². The molecule has 2 nitrogen and oxygen atoms in total. The molecule has 0 amide bonds. The van der Waals surface area contributed by atoms with Gasteiger partial charge in [-0.1, -0.05) is 28.1 Å². The van der Waals surface area contributed by atoms with E-state index in [2.05, 4.69) is 21.2 Å². The summed E-state index contributed by atoms with van der Waals surface area (Å²) in [5, 5.41) is 3.07. The maximum atomic E-state index is 13.1. The molecule has 0 atom stereocenters. The number of benzene rings is 2. The number of halogens is 3. The van der Waals surface area contributed by atoms with E-state index in [1.54, 1.807) is 0 Å². The van der Waals surface area contributed by atoms with Crippen molar-refractivity contribution in [1.82, 2.24) is 5.32 Å². The Morgan fingerprint density at radius 3 is 2.55 bits per heavy atom. The molecule has 106 valence electrons. The van der Waals surface area contributed by atoms with E-state index in [9.17, 15) is 8.78 Å². The molecule has 1 N–H and O–H groups in total. The Morgan fingerprint density at radius 2 is 1.90 bits per heavy atom. The lowest BCUT2D eigenvalue weighted by Crippen LogP contribution is -2.05. The Balaban J connectivity index is 2.05. The second kappa shape index (κ2) is 6.81. The van der Waals surface area contributed by atoms with E-state index in [0.717, 1.165) is 34.3 Å². The molecule has 2 aromatic carbocycles. The summed E-state index contributed by atoms with van der Waals surface area (Å²) in [6, 6.07) is 9.43. The summed E-state index contributed by atoms with van der Waals surface area (Å²) in [5.41, 5.74) is 2.09. The number of hydrogen-bond donors (Lipinski definition) is 1. The molecule has 0 saturated carbocycles. The van der Waals surface area contributed by atoms with Gasteiger partial charge >= 0.3 is 0 Å². The molecular formula is C15H14BrF2NO. The van der Waals surface area contributed by atoms with Crippen LogP contribution in [-0.2, 0) is 13.2 Å². The van der Waals surface area contributed by atoms with Gasteiger partial charge in [0.05, 0.1) is 0 Å². The standard InChI is InChI=1S/C15H14BrF2NO/c1-19-8-10-2-3-11(13(16)6-10)9-20-12-4-5-14(17)15(18)7-12/h2-7,19H,8-9H2,1H3. The molecule has 0 unspecified atom stereocenters. The lowest BCUT2D eigenvalue weighted by molar-refractivity contribution is 0.302. The van der Waals surface area contributed by atoms with Crippen LogP contribution in [0, 0.1) is 11.6 Å². The van der Waals surface area contributed by atoms with Gasteiger partial charge in [-0.15, -0.1) is 0 Å². The third kappa shape index (κ3) is 3.77. The summed E-state index contributed by atoms with van der Waals surface area (Å²) >= 11 is 3.47. The molecule has 0 aromatic heterocycles. The minimum atomic E-state index is -0.911. The van der Waals surface area contributed by atoms with Gasteiger partial charge < -0.3 is 10.1 Å². The van der Waals surface area contributed by atoms with Gasteiger partial charge in [-0.2, -0.15) is 0 Å². The van der Waals surface area contributed by atoms with Crippen molar-refractivity contribution >= 4 is 15.9 Å². The molecule has 0 aliphatic heterocycles. The molecule has 2 rings (SSSR count). The topological polar surface area (TPSA) is 21.3 Å². The Kier molecular flexibility index (Phi) is 5.09. The highest BCUT2D eigenvalue weighted by Crippen LogP contribution is 2.22. The highest BCUT2D eigenvalue weighted by Gasteiger charge is 2.06. The third-order valence-electron chi connectivity index (χ3n) is 2.78. The summed E-state index contributed by atoms with van der Waals surface area (Å²) in [6.07, 6.45) is 0. The monoisotopic (exact) mass is 341 g/mol. The fourth-order valence-electron chi connectivity index (χ4n) is 1.75. The summed E-state index contributed by atoms with van der Waals surface area (Å²) in [7, 11) is 1.88. The molecule has 0 heterocycles. The van der Waals surface area contributed by atoms with Crippen LogP contribution in [0.3, 0.4) is 0 Å². The average Bonchev–Trinajstić information content (AvgIpc) is 2.42. The lowest BCUT2D eigenvalue weighted by atomic mass is 10.1. The largest absolute Gasteiger partial charge is 0.489 e. The van der Waals surface area contributed by atoms with Crippen LogP contribution in [0.25, 0.3) is 0 Å². The first kappa shape index (κ1) is 14.9. The zero-order valence-electron chi connectivity index (χ0n) is 10.9. The zero-order valence-corrected chi connectivity index (χ0v) is 12.5. The van der Waals surface area contributed by atoms with Crippen molar-refractivity contribution < 1.29 is 13.5 Å². The normalized spacial score (nSPS) is 10.6. The minimum Gasteiger partial charge on any atom is -0.489 e. The SMILES string of the molecule is CNCc1ccc(COc2ccc(F)c(F)c2)c(Br)c1. The molecule has 0 aliphatic carbocycles. The molecule has 0 fully saturated rings. The van der Waals surface area contributed by atoms with Gasteiger partial charge in [0, 0.05) is 22.6 Å². The van der Waals surface area contributed by atoms with Crippen molar-refractivity contribution in [2.24, 2.45) is 0 Å². The van der Waals surface area contributed by atoms with E-state index >= 15 is 0 Å². The van der Waals surface area contributed by atoms with Crippen molar-refractivity contribution in [3.63, 3.8) is 0 Å². The quantitative estimate of drug-likeness (QED) is 0.886. The van der Waals surface area contributed by atoms with Crippen LogP contribution in [0.4, 0.5) is 8.78 Å². The molecule has 0 bridgehead atoms. The summed E-state index contributed by atoms with van der Waals surface area (Å²) < 4.78 is 32.2. The van der Waals surface area contributed by atoms with Crippen LogP contribution >= 0.6 is 15.9 Å². The first-order valence-electron chi connectivity index (χ1n) is 6.10. The maximum Gasteiger partial charge on any atom is 0.162 e. The van der Waals surface area contributed by atoms with Crippen molar-refractivity contribution in [2.75, 3.05) is 7.05 Å². The molecular weight excluding hydrogens is 328 g/mol. The van der Waals surface area contributed by atoms with Crippen LogP contribution in [0.2, 0.25) is 0 Å². The first-order chi connectivity index (χ1) is 9.60. The van der Waals surface area contributed by atoms with Gasteiger partial charge in [0.15, 0.2) is 11.6 Å². The Bertz CT molecular complexity index is 604. The van der Waals surface area contributed by atoms with Gasteiger partial charge in [-0.25, -0.2) is 8.78 Å². The molecule has 0 radical (unpaired) electrons. The van der Waals surface area contributed by atoms with Crippen molar-refractivity contribution in [1.29, 1.82) is 0 Å². The Morgan fingerprint density at radius 1 is 1.10 bits per heavy atom. The summed E-state index contributed by atoms with van der Waals surface area (Å²) in [4.78, 5) is 0. The van der Waals surface area contributed by atoms with Gasteiger partial charge in [0.2, 0.25) is 0 Å². The first-order valence-corrected chi connectivity index (χ1v) is 6.89. The Labute approximate surface area is 124 Å². The lowest BCUT2D eigenvalue weighted by Gasteiger charge is -2.10. The second-order valence-corrected chi connectivity index (χ2v) is 5.18. The van der Waals surface area contributed by atoms with Crippen LogP contribution in [0.15, 0.2) is 40.9 Å². The fourth-order valence-corrected chi connectivity index (χ4v) is 2.29. The van der Waals surface area contributed by atoms with Crippen molar-refractivity contribution in [3.05, 3.63) is 63.6 Å². The van der Waals surface area contributed by atoms with E-state index in [1.807, 2.05) is 25.2 Å². The fraction of sp³-hybridized carbons (Fsp3) is 0.200. The van der Waals surface area contributed by atoms with Gasteiger partial charge in [0.1, 0.15) is 12.4 Å². The number of rotatable bonds is 5. The van der Waals surface area contributed by atoms with Crippen LogP contribution < -0.4 is 10.1 Å². The van der Waals surface area contributed by atoms with Crippen molar-refractivity contribution in [2.45, 2.75) is 13.2 Å². The maximum absolute atomic E-state index is 13.1. The number of ether oxygens (including phenoxy) is 1. The molecule has 0 saturated heterocycles. The molecule has 2 aromatic rings. The van der Waals surface area contributed by atoms with E-state index < -0.39 is 11.6 Å². The minimum absolute atomic E-state index is 0.283. The molecule has 5 heteroatoms. The van der Waals surface area contributed by atoms with Crippen molar-refractivity contribution in [3.8, 4) is 5.75 Å². The zero-order chi connectivity index (χ0) is 14.5. The predicted octanol–water partition coefficient (Wildman–Crippen LogP) is 4.03. The third-order valence-corrected chi connectivity index (χ3v) is 3.52. The van der Waals surface area contributed by atoms with E-state index in [-0.39, 0.29) is 6.61 Å². The molecule has 20 heavy (non-hydrogen) atoms. The van der Waals surface area contributed by atoms with Crippen LogP contribution in [0.5, 0.6) is 5.75 Å². The summed E-state index contributed by atoms with van der Waals surface area (Å²) in [6.45, 7) is 1.06. The smallest absolute Gasteiger partial charge is 0.162 e. The molecule has 0 spiro atoms. The van der Waals surface area contributed by atoms with E-state index in [1.165, 1.54) is 6.07 Å². The predicted molar refractivity (Wildman–Crippen MR) is 77.6 cm³/mol. The second-order valence-electron chi connectivity index (χ2n) is 4.32. The Hall–Kier alpha value is -1.46. The highest BCUT2D eigenvalue weighted by atomic mass is 79.9. The van der Waals surface area contributed by atoms with Gasteiger partial charge in [-0.3, -0.25) is 0 Å². The van der Waals surface area contributed by atoms with Gasteiger partial charge in [0.25, 0.3) is 0 Å².